The van der Waals surface area contributed by atoms with Gasteiger partial charge in [0.05, 0.1) is 25.1 Å². The van der Waals surface area contributed by atoms with Crippen LogP contribution in [0.3, 0.4) is 0 Å². The van der Waals surface area contributed by atoms with Crippen molar-refractivity contribution in [2.24, 2.45) is 14.1 Å². The summed E-state index contributed by atoms with van der Waals surface area (Å²) >= 11 is 6.19. The molecule has 0 aliphatic heterocycles. The van der Waals surface area contributed by atoms with E-state index in [9.17, 15) is 10.2 Å². The Morgan fingerprint density at radius 1 is 0.931 bits per heavy atom. The standard InChI is InChI=1S/C18H25ClN8O2/c1-17(28,12-5-23-26(3)8-12)10-21-15-14(19)7-20-16(25-15)22-11-18(2,29)13-6-24-27(4)9-13/h5-9,28-29H,10-11H2,1-4H3,(H2,20,21,22,25). The Balaban J connectivity index is 1.66. The lowest BCUT2D eigenvalue weighted by molar-refractivity contribution is 0.0711. The number of aliphatic hydroxyl groups is 2. The first-order valence-electron chi connectivity index (χ1n) is 9.00. The predicted octanol–water partition coefficient (Wildman–Crippen LogP) is 1.24. The first kappa shape index (κ1) is 21.0. The zero-order valence-corrected chi connectivity index (χ0v) is 17.5. The minimum atomic E-state index is -1.17. The highest BCUT2D eigenvalue weighted by Crippen LogP contribution is 2.25. The van der Waals surface area contributed by atoms with Crippen molar-refractivity contribution >= 4 is 23.4 Å². The van der Waals surface area contributed by atoms with Gasteiger partial charge in [-0.1, -0.05) is 11.6 Å². The van der Waals surface area contributed by atoms with Crippen LogP contribution < -0.4 is 10.6 Å². The van der Waals surface area contributed by atoms with Gasteiger partial charge >= 0.3 is 0 Å². The van der Waals surface area contributed by atoms with Crippen molar-refractivity contribution in [1.29, 1.82) is 0 Å². The Hall–Kier alpha value is -2.69. The number of hydrogen-bond acceptors (Lipinski definition) is 8. The van der Waals surface area contributed by atoms with E-state index in [-0.39, 0.29) is 13.1 Å². The summed E-state index contributed by atoms with van der Waals surface area (Å²) in [6.07, 6.45) is 8.17. The minimum Gasteiger partial charge on any atom is -0.383 e. The van der Waals surface area contributed by atoms with Gasteiger partial charge in [0.1, 0.15) is 16.2 Å². The normalized spacial score (nSPS) is 15.6. The van der Waals surface area contributed by atoms with Crippen LogP contribution >= 0.6 is 11.6 Å². The molecule has 2 atom stereocenters. The molecule has 156 valence electrons. The third-order valence-electron chi connectivity index (χ3n) is 4.59. The molecule has 3 aromatic rings. The molecule has 10 nitrogen and oxygen atoms in total. The molecule has 2 unspecified atom stereocenters. The number of aromatic nitrogens is 6. The van der Waals surface area contributed by atoms with E-state index >= 15 is 0 Å². The Morgan fingerprint density at radius 3 is 1.93 bits per heavy atom. The van der Waals surface area contributed by atoms with Gasteiger partial charge in [0.25, 0.3) is 0 Å². The molecular weight excluding hydrogens is 396 g/mol. The van der Waals surface area contributed by atoms with Gasteiger partial charge in [-0.15, -0.1) is 0 Å². The van der Waals surface area contributed by atoms with Gasteiger partial charge in [-0.05, 0) is 13.8 Å². The van der Waals surface area contributed by atoms with Gasteiger partial charge in [-0.2, -0.15) is 15.2 Å². The number of nitrogens with zero attached hydrogens (tertiary/aromatic N) is 6. The first-order valence-corrected chi connectivity index (χ1v) is 9.38. The second-order valence-corrected chi connectivity index (χ2v) is 7.86. The van der Waals surface area contributed by atoms with Crippen LogP contribution in [-0.2, 0) is 25.3 Å². The van der Waals surface area contributed by atoms with Gasteiger partial charge in [0, 0.05) is 44.2 Å². The molecule has 0 aromatic carbocycles. The zero-order chi connectivity index (χ0) is 21.2. The second kappa shape index (κ2) is 7.97. The topological polar surface area (TPSA) is 126 Å². The fourth-order valence-electron chi connectivity index (χ4n) is 2.69. The number of aryl methyl sites for hydroxylation is 2. The number of anilines is 2. The molecule has 0 saturated heterocycles. The third kappa shape index (κ3) is 5.03. The molecule has 3 aromatic heterocycles. The Morgan fingerprint density at radius 2 is 1.45 bits per heavy atom. The highest BCUT2D eigenvalue weighted by Gasteiger charge is 2.26. The maximum atomic E-state index is 10.7. The van der Waals surface area contributed by atoms with Crippen molar-refractivity contribution in [3.8, 4) is 0 Å². The molecule has 0 spiro atoms. The highest BCUT2D eigenvalue weighted by molar-refractivity contribution is 6.32. The van der Waals surface area contributed by atoms with Crippen molar-refractivity contribution in [3.05, 3.63) is 47.1 Å². The third-order valence-corrected chi connectivity index (χ3v) is 4.87. The van der Waals surface area contributed by atoms with E-state index in [1.807, 2.05) is 0 Å². The highest BCUT2D eigenvalue weighted by atomic mass is 35.5. The molecule has 0 aliphatic rings. The zero-order valence-electron chi connectivity index (χ0n) is 16.8. The van der Waals surface area contributed by atoms with Crippen molar-refractivity contribution in [1.82, 2.24) is 29.5 Å². The molecular formula is C18H25ClN8O2. The quantitative estimate of drug-likeness (QED) is 0.428. The maximum absolute atomic E-state index is 10.7. The fraction of sp³-hybridized carbons (Fsp3) is 0.444. The summed E-state index contributed by atoms with van der Waals surface area (Å²) in [5.41, 5.74) is -0.981. The van der Waals surface area contributed by atoms with E-state index in [1.54, 1.807) is 62.1 Å². The minimum absolute atomic E-state index is 0.169. The summed E-state index contributed by atoms with van der Waals surface area (Å²) in [4.78, 5) is 8.49. The molecule has 29 heavy (non-hydrogen) atoms. The van der Waals surface area contributed by atoms with Crippen LogP contribution in [0.4, 0.5) is 11.8 Å². The SMILES string of the molecule is Cn1cc(C(C)(O)CNc2ncc(Cl)c(NCC(C)(O)c3cnn(C)c3)n2)cn1. The molecule has 11 heteroatoms. The average Bonchev–Trinajstić information content (AvgIpc) is 3.29. The molecule has 0 fully saturated rings. The number of nitrogens with one attached hydrogen (secondary N) is 2. The van der Waals surface area contributed by atoms with Crippen LogP contribution in [0.2, 0.25) is 5.02 Å². The smallest absolute Gasteiger partial charge is 0.224 e. The van der Waals surface area contributed by atoms with E-state index in [4.69, 9.17) is 11.6 Å². The molecule has 0 radical (unpaired) electrons. The lowest BCUT2D eigenvalue weighted by Crippen LogP contribution is -2.32. The summed E-state index contributed by atoms with van der Waals surface area (Å²) in [5.74, 6) is 0.663. The molecule has 0 bridgehead atoms. The Labute approximate surface area is 173 Å². The van der Waals surface area contributed by atoms with Crippen LogP contribution in [0.15, 0.2) is 31.0 Å². The van der Waals surface area contributed by atoms with E-state index in [2.05, 4.69) is 30.8 Å². The average molecular weight is 421 g/mol. The maximum Gasteiger partial charge on any atom is 0.224 e. The molecule has 4 N–H and O–H groups in total. The van der Waals surface area contributed by atoms with Crippen LogP contribution in [0.5, 0.6) is 0 Å². The van der Waals surface area contributed by atoms with Crippen molar-refractivity contribution in [2.75, 3.05) is 23.7 Å². The Bertz CT molecular complexity index is 982. The van der Waals surface area contributed by atoms with Crippen LogP contribution in [0.1, 0.15) is 25.0 Å². The lowest BCUT2D eigenvalue weighted by atomic mass is 10.00. The van der Waals surface area contributed by atoms with Gasteiger partial charge in [0.2, 0.25) is 5.95 Å². The van der Waals surface area contributed by atoms with E-state index in [1.165, 1.54) is 6.20 Å². The summed E-state index contributed by atoms with van der Waals surface area (Å²) in [5, 5.41) is 35.9. The Kier molecular flexibility index (Phi) is 5.78. The van der Waals surface area contributed by atoms with Gasteiger partial charge < -0.3 is 20.8 Å². The number of rotatable bonds is 8. The van der Waals surface area contributed by atoms with Crippen molar-refractivity contribution < 1.29 is 10.2 Å². The van der Waals surface area contributed by atoms with E-state index in [0.29, 0.717) is 27.9 Å². The summed E-state index contributed by atoms with van der Waals surface area (Å²) in [7, 11) is 3.57. The monoisotopic (exact) mass is 420 g/mol. The largest absolute Gasteiger partial charge is 0.383 e. The first-order chi connectivity index (χ1) is 13.6. The van der Waals surface area contributed by atoms with Crippen LogP contribution in [-0.4, -0.2) is 52.8 Å². The lowest BCUT2D eigenvalue weighted by Gasteiger charge is -2.24. The second-order valence-electron chi connectivity index (χ2n) is 7.45. The fourth-order valence-corrected chi connectivity index (χ4v) is 2.84. The van der Waals surface area contributed by atoms with Gasteiger partial charge in [-0.25, -0.2) is 4.98 Å². The van der Waals surface area contributed by atoms with Gasteiger partial charge in [-0.3, -0.25) is 9.36 Å². The summed E-state index contributed by atoms with van der Waals surface area (Å²) < 4.78 is 3.25. The summed E-state index contributed by atoms with van der Waals surface area (Å²) in [6.45, 7) is 3.70. The molecule has 0 amide bonds. The van der Waals surface area contributed by atoms with Gasteiger partial charge in [0.15, 0.2) is 5.82 Å². The predicted molar refractivity (Wildman–Crippen MR) is 110 cm³/mol. The van der Waals surface area contributed by atoms with Crippen LogP contribution in [0, 0.1) is 0 Å². The number of hydrogen-bond donors (Lipinski definition) is 4. The molecule has 3 rings (SSSR count). The molecule has 3 heterocycles. The summed E-state index contributed by atoms with van der Waals surface area (Å²) in [6, 6.07) is 0. The molecule has 0 saturated carbocycles. The van der Waals surface area contributed by atoms with Crippen molar-refractivity contribution in [3.63, 3.8) is 0 Å². The molecule has 0 aliphatic carbocycles. The van der Waals surface area contributed by atoms with E-state index in [0.717, 1.165) is 0 Å². The van der Waals surface area contributed by atoms with Crippen molar-refractivity contribution in [2.45, 2.75) is 25.0 Å². The van der Waals surface area contributed by atoms with Crippen LogP contribution in [0.25, 0.3) is 0 Å². The number of halogens is 1. The van der Waals surface area contributed by atoms with E-state index < -0.39 is 11.2 Å².